The summed E-state index contributed by atoms with van der Waals surface area (Å²) in [7, 11) is 0.00708. The van der Waals surface area contributed by atoms with E-state index in [9.17, 15) is 4.79 Å². The number of carbonyl (C=O) groups excluding carboxylic acids is 1. The van der Waals surface area contributed by atoms with Crippen LogP contribution in [0.2, 0.25) is 0 Å². The van der Waals surface area contributed by atoms with Gasteiger partial charge in [0.2, 0.25) is 6.41 Å². The van der Waals surface area contributed by atoms with Gasteiger partial charge in [-0.1, -0.05) is 0 Å². The molecule has 7 nitrogen and oxygen atoms in total. The monoisotopic (exact) mass is 196 g/mol. The van der Waals surface area contributed by atoms with Crippen LogP contribution in [0.1, 0.15) is 0 Å². The fourth-order valence-corrected chi connectivity index (χ4v) is 0.829. The van der Waals surface area contributed by atoms with Crippen molar-refractivity contribution in [2.24, 2.45) is 12.1 Å². The molecule has 0 aliphatic rings. The molecule has 1 aromatic heterocycles. The lowest BCUT2D eigenvalue weighted by Crippen LogP contribution is -2.38. The summed E-state index contributed by atoms with van der Waals surface area (Å²) in [6.07, 6.45) is 1.77. The van der Waals surface area contributed by atoms with E-state index in [0.29, 0.717) is 11.9 Å². The molecule has 3 N–H and O–H groups in total. The standard InChI is InChI=1S/C6H9BN4O3/c1-11-3-8-5(7(13)14)2-6(11)10-9-4-12/h2-4,13-14H,1H3,(H,9,12)/b10-6-. The molecule has 0 aliphatic carbocycles. The number of hydrogen-bond acceptors (Lipinski definition) is 5. The van der Waals surface area contributed by atoms with Crippen LogP contribution in [0.3, 0.4) is 0 Å². The molecule has 0 saturated carbocycles. The molecule has 0 spiro atoms. The highest BCUT2D eigenvalue weighted by molar-refractivity contribution is 6.57. The summed E-state index contributed by atoms with van der Waals surface area (Å²) in [4.78, 5) is 13.7. The molecule has 1 amide bonds. The minimum Gasteiger partial charge on any atom is -0.422 e. The summed E-state index contributed by atoms with van der Waals surface area (Å²) in [5.74, 6) is 0. The van der Waals surface area contributed by atoms with Gasteiger partial charge in [0.25, 0.3) is 0 Å². The predicted molar refractivity (Wildman–Crippen MR) is 47.8 cm³/mol. The summed E-state index contributed by atoms with van der Waals surface area (Å²) < 4.78 is 1.52. The minimum absolute atomic E-state index is 0.0644. The molecule has 0 radical (unpaired) electrons. The van der Waals surface area contributed by atoms with E-state index in [1.54, 1.807) is 7.05 Å². The van der Waals surface area contributed by atoms with E-state index in [4.69, 9.17) is 10.0 Å². The van der Waals surface area contributed by atoms with Crippen molar-refractivity contribution >= 4 is 19.1 Å². The third-order valence-electron chi connectivity index (χ3n) is 1.51. The summed E-state index contributed by atoms with van der Waals surface area (Å²) in [5.41, 5.74) is 2.53. The first kappa shape index (κ1) is 10.4. The summed E-state index contributed by atoms with van der Waals surface area (Å²) in [6, 6.07) is 1.35. The van der Waals surface area contributed by atoms with Crippen molar-refractivity contribution in [3.63, 3.8) is 0 Å². The van der Waals surface area contributed by atoms with Crippen LogP contribution in [-0.4, -0.2) is 33.1 Å². The second-order valence-electron chi connectivity index (χ2n) is 2.52. The number of rotatable bonds is 3. The molecule has 0 unspecified atom stereocenters. The van der Waals surface area contributed by atoms with Gasteiger partial charge in [-0.3, -0.25) is 4.79 Å². The topological polar surface area (TPSA) is 99.7 Å². The Labute approximate surface area is 79.9 Å². The van der Waals surface area contributed by atoms with Crippen LogP contribution in [0, 0.1) is 0 Å². The Morgan fingerprint density at radius 2 is 2.43 bits per heavy atom. The Morgan fingerprint density at radius 1 is 1.71 bits per heavy atom. The average molecular weight is 196 g/mol. The highest BCUT2D eigenvalue weighted by Gasteiger charge is 2.12. The van der Waals surface area contributed by atoms with Crippen molar-refractivity contribution in [2.45, 2.75) is 0 Å². The van der Waals surface area contributed by atoms with Crippen molar-refractivity contribution in [1.82, 2.24) is 15.0 Å². The Hall–Kier alpha value is -1.67. The minimum atomic E-state index is -1.65. The molecule has 8 heteroatoms. The third-order valence-corrected chi connectivity index (χ3v) is 1.51. The number of aryl methyl sites for hydroxylation is 1. The molecular weight excluding hydrogens is 187 g/mol. The number of carbonyl (C=O) groups is 1. The number of nitrogens with one attached hydrogen (secondary N) is 1. The molecule has 1 rings (SSSR count). The van der Waals surface area contributed by atoms with E-state index in [0.717, 1.165) is 0 Å². The summed E-state index contributed by atoms with van der Waals surface area (Å²) in [6.45, 7) is 0. The highest BCUT2D eigenvalue weighted by atomic mass is 16.4. The molecule has 0 fully saturated rings. The number of hydrogen-bond donors (Lipinski definition) is 3. The number of amides is 1. The van der Waals surface area contributed by atoms with Crippen molar-refractivity contribution < 1.29 is 14.8 Å². The van der Waals surface area contributed by atoms with E-state index in [-0.39, 0.29) is 5.59 Å². The van der Waals surface area contributed by atoms with E-state index in [1.807, 2.05) is 0 Å². The number of aromatic nitrogens is 2. The van der Waals surface area contributed by atoms with Crippen LogP contribution < -0.4 is 16.5 Å². The van der Waals surface area contributed by atoms with Crippen molar-refractivity contribution in [2.75, 3.05) is 0 Å². The summed E-state index contributed by atoms with van der Waals surface area (Å²) in [5, 5.41) is 21.3. The van der Waals surface area contributed by atoms with E-state index < -0.39 is 7.12 Å². The molecule has 1 heterocycles. The van der Waals surface area contributed by atoms with Gasteiger partial charge in [0, 0.05) is 13.1 Å². The van der Waals surface area contributed by atoms with Crippen LogP contribution in [0.5, 0.6) is 0 Å². The van der Waals surface area contributed by atoms with Gasteiger partial charge in [-0.05, 0) is 0 Å². The zero-order chi connectivity index (χ0) is 10.6. The third kappa shape index (κ3) is 2.41. The van der Waals surface area contributed by atoms with Crippen LogP contribution in [0.25, 0.3) is 0 Å². The molecule has 1 aromatic rings. The lowest BCUT2D eigenvalue weighted by molar-refractivity contribution is -0.109. The molecule has 14 heavy (non-hydrogen) atoms. The van der Waals surface area contributed by atoms with Crippen LogP contribution in [-0.2, 0) is 11.8 Å². The van der Waals surface area contributed by atoms with Gasteiger partial charge in [0.1, 0.15) is 0 Å². The van der Waals surface area contributed by atoms with E-state index >= 15 is 0 Å². The Balaban J connectivity index is 3.14. The van der Waals surface area contributed by atoms with Gasteiger partial charge in [-0.15, -0.1) is 0 Å². The molecule has 0 saturated heterocycles. The Kier molecular flexibility index (Phi) is 3.38. The zero-order valence-corrected chi connectivity index (χ0v) is 7.45. The smallest absolute Gasteiger partial charge is 0.422 e. The van der Waals surface area contributed by atoms with E-state index in [2.05, 4.69) is 15.5 Å². The molecular formula is C6H9BN4O3. The van der Waals surface area contributed by atoms with Gasteiger partial charge in [0.05, 0.1) is 11.9 Å². The van der Waals surface area contributed by atoms with Crippen molar-refractivity contribution in [1.29, 1.82) is 0 Å². The molecule has 0 atom stereocenters. The molecule has 0 bridgehead atoms. The largest absolute Gasteiger partial charge is 0.508 e. The van der Waals surface area contributed by atoms with Crippen LogP contribution >= 0.6 is 0 Å². The maximum absolute atomic E-state index is 9.98. The predicted octanol–water partition coefficient (Wildman–Crippen LogP) is -3.34. The summed E-state index contributed by atoms with van der Waals surface area (Å²) >= 11 is 0. The van der Waals surface area contributed by atoms with Gasteiger partial charge in [-0.2, -0.15) is 5.10 Å². The fourth-order valence-electron chi connectivity index (χ4n) is 0.829. The van der Waals surface area contributed by atoms with Gasteiger partial charge < -0.3 is 14.6 Å². The molecule has 74 valence electrons. The second kappa shape index (κ2) is 4.54. The first-order valence-corrected chi connectivity index (χ1v) is 3.76. The second-order valence-corrected chi connectivity index (χ2v) is 2.52. The Morgan fingerprint density at radius 3 is 3.00 bits per heavy atom. The zero-order valence-electron chi connectivity index (χ0n) is 7.45. The average Bonchev–Trinajstić information content (AvgIpc) is 2.16. The van der Waals surface area contributed by atoms with Crippen LogP contribution in [0.15, 0.2) is 17.5 Å². The van der Waals surface area contributed by atoms with Crippen LogP contribution in [0.4, 0.5) is 0 Å². The maximum Gasteiger partial charge on any atom is 0.508 e. The van der Waals surface area contributed by atoms with E-state index in [1.165, 1.54) is 17.0 Å². The Bertz CT molecular complexity index is 389. The first-order valence-electron chi connectivity index (χ1n) is 3.76. The lowest BCUT2D eigenvalue weighted by atomic mass is 9.86. The quantitative estimate of drug-likeness (QED) is 0.267. The van der Waals surface area contributed by atoms with Gasteiger partial charge in [0.15, 0.2) is 5.49 Å². The normalized spacial score (nSPS) is 11.2. The molecule has 0 aromatic carbocycles. The van der Waals surface area contributed by atoms with Crippen molar-refractivity contribution in [3.8, 4) is 0 Å². The van der Waals surface area contributed by atoms with Crippen molar-refractivity contribution in [3.05, 3.63) is 17.9 Å². The van der Waals surface area contributed by atoms with Gasteiger partial charge >= 0.3 is 7.12 Å². The number of nitrogens with zero attached hydrogens (tertiary/aromatic N) is 3. The fraction of sp³-hybridized carbons (Fsp3) is 0.167. The maximum atomic E-state index is 9.98. The van der Waals surface area contributed by atoms with Gasteiger partial charge in [-0.25, -0.2) is 10.4 Å². The SMILES string of the molecule is Cn1cnc(B(O)O)c/c1=N/NC=O. The first-order chi connectivity index (χ1) is 6.65. The highest BCUT2D eigenvalue weighted by Crippen LogP contribution is 1.72. The molecule has 0 aliphatic heterocycles. The lowest BCUT2D eigenvalue weighted by Gasteiger charge is -2.01.